The van der Waals surface area contributed by atoms with Crippen LogP contribution in [-0.2, 0) is 14.8 Å². The van der Waals surface area contributed by atoms with Gasteiger partial charge in [-0.25, -0.2) is 8.42 Å². The van der Waals surface area contributed by atoms with Gasteiger partial charge in [0.1, 0.15) is 5.75 Å². The van der Waals surface area contributed by atoms with Crippen LogP contribution in [0.5, 0.6) is 5.75 Å². The zero-order valence-electron chi connectivity index (χ0n) is 19.4. The van der Waals surface area contributed by atoms with Crippen LogP contribution in [0.1, 0.15) is 43.0 Å². The van der Waals surface area contributed by atoms with E-state index in [2.05, 4.69) is 5.32 Å². The van der Waals surface area contributed by atoms with E-state index in [4.69, 9.17) is 4.74 Å². The number of rotatable bonds is 8. The minimum Gasteiger partial charge on any atom is -0.494 e. The van der Waals surface area contributed by atoms with E-state index in [0.717, 1.165) is 30.7 Å². The maximum atomic E-state index is 12.8. The molecule has 1 N–H and O–H groups in total. The summed E-state index contributed by atoms with van der Waals surface area (Å²) in [4.78, 5) is 27.0. The Kier molecular flexibility index (Phi) is 7.53. The van der Waals surface area contributed by atoms with E-state index in [1.54, 1.807) is 4.90 Å². The molecule has 8 nitrogen and oxygen atoms in total. The molecule has 2 aromatic carbocycles. The topological polar surface area (TPSA) is 96.0 Å². The summed E-state index contributed by atoms with van der Waals surface area (Å²) in [6.07, 6.45) is 3.16. The van der Waals surface area contributed by atoms with E-state index in [9.17, 15) is 18.0 Å². The summed E-state index contributed by atoms with van der Waals surface area (Å²) in [5, 5.41) is 2.88. The van der Waals surface area contributed by atoms with Gasteiger partial charge in [0.25, 0.3) is 5.91 Å². The lowest BCUT2D eigenvalue weighted by Gasteiger charge is -2.25. The van der Waals surface area contributed by atoms with Crippen molar-refractivity contribution in [3.63, 3.8) is 0 Å². The van der Waals surface area contributed by atoms with Gasteiger partial charge in [0, 0.05) is 49.8 Å². The average Bonchev–Trinajstić information content (AvgIpc) is 3.24. The largest absolute Gasteiger partial charge is 0.494 e. The molecule has 0 bridgehead atoms. The molecule has 2 aliphatic rings. The van der Waals surface area contributed by atoms with Gasteiger partial charge in [0.05, 0.1) is 11.5 Å². The fourth-order valence-corrected chi connectivity index (χ4v) is 5.95. The third-order valence-electron chi connectivity index (χ3n) is 6.29. The first kappa shape index (κ1) is 24.2. The smallest absolute Gasteiger partial charge is 0.251 e. The first-order chi connectivity index (χ1) is 16.4. The number of carbonyl (C=O) groups excluding carboxylic acids is 2. The predicted molar refractivity (Wildman–Crippen MR) is 129 cm³/mol. The highest BCUT2D eigenvalue weighted by molar-refractivity contribution is 7.89. The molecule has 0 radical (unpaired) electrons. The summed E-state index contributed by atoms with van der Waals surface area (Å²) in [7, 11) is -3.52. The van der Waals surface area contributed by atoms with E-state index in [1.807, 2.05) is 31.2 Å². The standard InChI is InChI=1S/C25H31N3O5S/c1-2-33-22-10-8-21(9-11-22)28-18-19(16-24(28)29)17-26-25(30)20-6-12-23(13-7-20)34(31,32)27-14-4-3-5-15-27/h6-13,19H,2-5,14-18H2,1H3,(H,26,30). The molecule has 0 spiro atoms. The molecule has 182 valence electrons. The van der Waals surface area contributed by atoms with Crippen LogP contribution < -0.4 is 15.0 Å². The Balaban J connectivity index is 1.31. The Labute approximate surface area is 200 Å². The van der Waals surface area contributed by atoms with Gasteiger partial charge in [-0.15, -0.1) is 0 Å². The first-order valence-electron chi connectivity index (χ1n) is 11.8. The Hall–Kier alpha value is -2.91. The van der Waals surface area contributed by atoms with Gasteiger partial charge < -0.3 is 15.0 Å². The molecule has 2 heterocycles. The van der Waals surface area contributed by atoms with Crippen molar-refractivity contribution in [1.82, 2.24) is 9.62 Å². The molecule has 2 aliphatic heterocycles. The van der Waals surface area contributed by atoms with Gasteiger partial charge in [-0.3, -0.25) is 9.59 Å². The maximum absolute atomic E-state index is 12.8. The minimum atomic E-state index is -3.52. The van der Waals surface area contributed by atoms with Gasteiger partial charge in [0.15, 0.2) is 0 Å². The molecule has 2 aromatic rings. The van der Waals surface area contributed by atoms with Crippen molar-refractivity contribution in [2.45, 2.75) is 37.5 Å². The monoisotopic (exact) mass is 485 g/mol. The second-order valence-corrected chi connectivity index (χ2v) is 10.6. The van der Waals surface area contributed by atoms with E-state index in [1.165, 1.54) is 28.6 Å². The number of piperidine rings is 1. The molecule has 2 amide bonds. The van der Waals surface area contributed by atoms with Crippen molar-refractivity contribution in [1.29, 1.82) is 0 Å². The number of benzene rings is 2. The number of sulfonamides is 1. The van der Waals surface area contributed by atoms with Crippen molar-refractivity contribution in [3.8, 4) is 5.75 Å². The summed E-state index contributed by atoms with van der Waals surface area (Å²) in [5.41, 5.74) is 1.21. The zero-order chi connectivity index (χ0) is 24.1. The zero-order valence-corrected chi connectivity index (χ0v) is 20.2. The lowest BCUT2D eigenvalue weighted by atomic mass is 10.1. The van der Waals surface area contributed by atoms with Crippen LogP contribution in [0.3, 0.4) is 0 Å². The molecule has 1 unspecified atom stereocenters. The van der Waals surface area contributed by atoms with Crippen LogP contribution in [0.2, 0.25) is 0 Å². The number of nitrogens with one attached hydrogen (secondary N) is 1. The van der Waals surface area contributed by atoms with Crippen LogP contribution in [0.4, 0.5) is 5.69 Å². The SMILES string of the molecule is CCOc1ccc(N2CC(CNC(=O)c3ccc(S(=O)(=O)N4CCCCC4)cc3)CC2=O)cc1. The van der Waals surface area contributed by atoms with Crippen molar-refractivity contribution in [2.75, 3.05) is 37.7 Å². The van der Waals surface area contributed by atoms with Crippen molar-refractivity contribution < 1.29 is 22.7 Å². The predicted octanol–water partition coefficient (Wildman–Crippen LogP) is 3.04. The Morgan fingerprint density at radius 2 is 1.71 bits per heavy atom. The molecule has 0 aromatic heterocycles. The summed E-state index contributed by atoms with van der Waals surface area (Å²) in [5.74, 6) is 0.503. The molecular weight excluding hydrogens is 454 g/mol. The highest BCUT2D eigenvalue weighted by Gasteiger charge is 2.31. The maximum Gasteiger partial charge on any atom is 0.251 e. The number of amides is 2. The minimum absolute atomic E-state index is 0.00164. The molecule has 9 heteroatoms. The van der Waals surface area contributed by atoms with Gasteiger partial charge in [-0.1, -0.05) is 6.42 Å². The van der Waals surface area contributed by atoms with Crippen molar-refractivity contribution in [3.05, 3.63) is 54.1 Å². The number of hydrogen-bond donors (Lipinski definition) is 1. The lowest BCUT2D eigenvalue weighted by Crippen LogP contribution is -2.35. The average molecular weight is 486 g/mol. The Morgan fingerprint density at radius 1 is 1.03 bits per heavy atom. The van der Waals surface area contributed by atoms with Crippen molar-refractivity contribution >= 4 is 27.5 Å². The second kappa shape index (κ2) is 10.6. The Bertz CT molecular complexity index is 1110. The quantitative estimate of drug-likeness (QED) is 0.620. The van der Waals surface area contributed by atoms with Crippen LogP contribution in [0.15, 0.2) is 53.4 Å². The van der Waals surface area contributed by atoms with Crippen LogP contribution >= 0.6 is 0 Å². The molecule has 4 rings (SSSR count). The second-order valence-electron chi connectivity index (χ2n) is 8.70. The number of ether oxygens (including phenoxy) is 1. The van der Waals surface area contributed by atoms with E-state index < -0.39 is 10.0 Å². The third kappa shape index (κ3) is 5.42. The number of nitrogens with zero attached hydrogens (tertiary/aromatic N) is 2. The summed E-state index contributed by atoms with van der Waals surface area (Å²) < 4.78 is 32.5. The number of anilines is 1. The van der Waals surface area contributed by atoms with Crippen LogP contribution in [0.25, 0.3) is 0 Å². The van der Waals surface area contributed by atoms with Crippen LogP contribution in [0, 0.1) is 5.92 Å². The molecule has 2 saturated heterocycles. The van der Waals surface area contributed by atoms with Gasteiger partial charge >= 0.3 is 0 Å². The molecular formula is C25H31N3O5S. The van der Waals surface area contributed by atoms with E-state index >= 15 is 0 Å². The lowest BCUT2D eigenvalue weighted by molar-refractivity contribution is -0.117. The first-order valence-corrected chi connectivity index (χ1v) is 13.2. The highest BCUT2D eigenvalue weighted by Crippen LogP contribution is 2.27. The normalized spacial score (nSPS) is 19.3. The molecule has 0 saturated carbocycles. The third-order valence-corrected chi connectivity index (χ3v) is 8.20. The van der Waals surface area contributed by atoms with Crippen molar-refractivity contribution in [2.24, 2.45) is 5.92 Å². The van der Waals surface area contributed by atoms with Crippen LogP contribution in [-0.4, -0.2) is 57.3 Å². The number of carbonyl (C=O) groups is 2. The molecule has 2 fully saturated rings. The number of hydrogen-bond acceptors (Lipinski definition) is 5. The highest BCUT2D eigenvalue weighted by atomic mass is 32.2. The molecule has 34 heavy (non-hydrogen) atoms. The van der Waals surface area contributed by atoms with Gasteiger partial charge in [0.2, 0.25) is 15.9 Å². The van der Waals surface area contributed by atoms with E-state index in [-0.39, 0.29) is 22.6 Å². The Morgan fingerprint density at radius 3 is 2.35 bits per heavy atom. The molecule has 0 aliphatic carbocycles. The van der Waals surface area contributed by atoms with Gasteiger partial charge in [-0.05, 0) is 68.3 Å². The van der Waals surface area contributed by atoms with Gasteiger partial charge in [-0.2, -0.15) is 4.31 Å². The fraction of sp³-hybridized carbons (Fsp3) is 0.440. The summed E-state index contributed by atoms with van der Waals surface area (Å²) in [6, 6.07) is 13.5. The summed E-state index contributed by atoms with van der Waals surface area (Å²) in [6.45, 7) is 4.48. The summed E-state index contributed by atoms with van der Waals surface area (Å²) >= 11 is 0. The fourth-order valence-electron chi connectivity index (χ4n) is 4.43. The molecule has 1 atom stereocenters. The van der Waals surface area contributed by atoms with E-state index in [0.29, 0.717) is 44.8 Å².